The van der Waals surface area contributed by atoms with Crippen LogP contribution in [0.15, 0.2) is 36.4 Å². The molecule has 2 aromatic carbocycles. The van der Waals surface area contributed by atoms with Gasteiger partial charge in [-0.25, -0.2) is 13.2 Å². The quantitative estimate of drug-likeness (QED) is 0.850. The van der Waals surface area contributed by atoms with Gasteiger partial charge in [0.2, 0.25) is 5.91 Å². The lowest BCUT2D eigenvalue weighted by molar-refractivity contribution is -0.115. The van der Waals surface area contributed by atoms with Crippen LogP contribution < -0.4 is 5.32 Å². The van der Waals surface area contributed by atoms with E-state index in [-0.39, 0.29) is 17.0 Å². The van der Waals surface area contributed by atoms with Crippen molar-refractivity contribution in [3.05, 3.63) is 59.4 Å². The minimum absolute atomic E-state index is 0.176. The summed E-state index contributed by atoms with van der Waals surface area (Å²) < 4.78 is 40.1. The van der Waals surface area contributed by atoms with Gasteiger partial charge in [-0.2, -0.15) is 0 Å². The van der Waals surface area contributed by atoms with Crippen LogP contribution in [0.3, 0.4) is 0 Å². The molecule has 0 aliphatic heterocycles. The van der Waals surface area contributed by atoms with Gasteiger partial charge in [0.1, 0.15) is 23.2 Å². The van der Waals surface area contributed by atoms with E-state index in [1.54, 1.807) is 0 Å². The van der Waals surface area contributed by atoms with E-state index in [1.807, 2.05) is 0 Å². The fraction of sp³-hybridized carbons (Fsp3) is 0.0714. The van der Waals surface area contributed by atoms with Gasteiger partial charge in [-0.05, 0) is 24.3 Å². The first kappa shape index (κ1) is 13.9. The number of nitrogens with one attached hydrogen (secondary N) is 1. The molecule has 0 aliphatic carbocycles. The standard InChI is InChI=1S/C14H10F3NO2/c15-10-2-1-3-11(16)9(10)7-14(20)18-13-5-4-8(19)6-12(13)17/h1-6,19H,7H2,(H,18,20). The lowest BCUT2D eigenvalue weighted by atomic mass is 10.1. The molecule has 0 heterocycles. The van der Waals surface area contributed by atoms with Crippen LogP contribution in [0, 0.1) is 17.5 Å². The fourth-order valence-electron chi connectivity index (χ4n) is 1.66. The van der Waals surface area contributed by atoms with Crippen LogP contribution in [0.25, 0.3) is 0 Å². The Balaban J connectivity index is 2.13. The molecule has 0 saturated carbocycles. The van der Waals surface area contributed by atoms with Crippen molar-refractivity contribution < 1.29 is 23.1 Å². The molecule has 0 atom stereocenters. The van der Waals surface area contributed by atoms with Gasteiger partial charge < -0.3 is 10.4 Å². The van der Waals surface area contributed by atoms with Crippen molar-refractivity contribution in [2.75, 3.05) is 5.32 Å². The number of phenols is 1. The Hall–Kier alpha value is -2.50. The van der Waals surface area contributed by atoms with Gasteiger partial charge in [-0.1, -0.05) is 6.07 Å². The van der Waals surface area contributed by atoms with Gasteiger partial charge in [0.05, 0.1) is 12.1 Å². The maximum Gasteiger partial charge on any atom is 0.229 e. The van der Waals surface area contributed by atoms with E-state index in [4.69, 9.17) is 5.11 Å². The number of hydrogen-bond acceptors (Lipinski definition) is 2. The number of aromatic hydroxyl groups is 1. The predicted octanol–water partition coefficient (Wildman–Crippen LogP) is 2.99. The largest absolute Gasteiger partial charge is 0.508 e. The molecule has 0 bridgehead atoms. The molecule has 0 unspecified atom stereocenters. The van der Waals surface area contributed by atoms with Crippen LogP contribution in [-0.4, -0.2) is 11.0 Å². The number of hydrogen-bond donors (Lipinski definition) is 2. The SMILES string of the molecule is O=C(Cc1c(F)cccc1F)Nc1ccc(O)cc1F. The molecule has 0 radical (unpaired) electrons. The van der Waals surface area contributed by atoms with E-state index in [9.17, 15) is 18.0 Å². The van der Waals surface area contributed by atoms with E-state index >= 15 is 0 Å². The summed E-state index contributed by atoms with van der Waals surface area (Å²) >= 11 is 0. The summed E-state index contributed by atoms with van der Waals surface area (Å²) in [5.41, 5.74) is -0.561. The Labute approximate surface area is 112 Å². The predicted molar refractivity (Wildman–Crippen MR) is 66.8 cm³/mol. The lowest BCUT2D eigenvalue weighted by Gasteiger charge is -2.08. The Kier molecular flexibility index (Phi) is 3.93. The molecule has 6 heteroatoms. The third-order valence-corrected chi connectivity index (χ3v) is 2.63. The van der Waals surface area contributed by atoms with Crippen molar-refractivity contribution in [1.82, 2.24) is 0 Å². The second kappa shape index (κ2) is 5.64. The number of halogens is 3. The van der Waals surface area contributed by atoms with E-state index in [2.05, 4.69) is 5.32 Å². The van der Waals surface area contributed by atoms with Gasteiger partial charge in [0.15, 0.2) is 0 Å². The maximum absolute atomic E-state index is 13.4. The number of amides is 1. The van der Waals surface area contributed by atoms with E-state index in [0.29, 0.717) is 0 Å². The average Bonchev–Trinajstić information content (AvgIpc) is 2.37. The molecule has 2 aromatic rings. The summed E-state index contributed by atoms with van der Waals surface area (Å²) in [6.45, 7) is 0. The molecule has 1 amide bonds. The fourth-order valence-corrected chi connectivity index (χ4v) is 1.66. The van der Waals surface area contributed by atoms with E-state index in [0.717, 1.165) is 24.3 Å². The molecule has 3 nitrogen and oxygen atoms in total. The first-order valence-corrected chi connectivity index (χ1v) is 5.68. The minimum atomic E-state index is -0.841. The maximum atomic E-state index is 13.4. The van der Waals surface area contributed by atoms with Gasteiger partial charge in [-0.15, -0.1) is 0 Å². The lowest BCUT2D eigenvalue weighted by Crippen LogP contribution is -2.17. The Morgan fingerprint density at radius 2 is 1.70 bits per heavy atom. The van der Waals surface area contributed by atoms with Crippen LogP contribution in [-0.2, 0) is 11.2 Å². The number of carbonyl (C=O) groups is 1. The van der Waals surface area contributed by atoms with Crippen molar-refractivity contribution in [3.63, 3.8) is 0 Å². The van der Waals surface area contributed by atoms with Crippen molar-refractivity contribution in [1.29, 1.82) is 0 Å². The Bertz CT molecular complexity index is 639. The molecule has 0 aliphatic rings. The Morgan fingerprint density at radius 1 is 1.05 bits per heavy atom. The summed E-state index contributed by atoms with van der Waals surface area (Å²) in [5.74, 6) is -3.58. The first-order chi connectivity index (χ1) is 9.47. The van der Waals surface area contributed by atoms with E-state index < -0.39 is 29.8 Å². The van der Waals surface area contributed by atoms with Crippen LogP contribution >= 0.6 is 0 Å². The highest BCUT2D eigenvalue weighted by Crippen LogP contribution is 2.20. The summed E-state index contributed by atoms with van der Waals surface area (Å²) in [4.78, 5) is 11.6. The number of benzene rings is 2. The number of phenolic OH excluding ortho intramolecular Hbond substituents is 1. The summed E-state index contributed by atoms with van der Waals surface area (Å²) in [7, 11) is 0. The normalized spacial score (nSPS) is 10.3. The summed E-state index contributed by atoms with van der Waals surface area (Å²) in [5, 5.41) is 11.2. The number of rotatable bonds is 3. The second-order valence-corrected chi connectivity index (χ2v) is 4.09. The van der Waals surface area contributed by atoms with Crippen molar-refractivity contribution in [3.8, 4) is 5.75 Å². The van der Waals surface area contributed by atoms with E-state index in [1.165, 1.54) is 12.1 Å². The first-order valence-electron chi connectivity index (χ1n) is 5.68. The van der Waals surface area contributed by atoms with Crippen molar-refractivity contribution in [2.24, 2.45) is 0 Å². The van der Waals surface area contributed by atoms with Crippen LogP contribution in [0.2, 0.25) is 0 Å². The van der Waals surface area contributed by atoms with Gasteiger partial charge >= 0.3 is 0 Å². The molecule has 20 heavy (non-hydrogen) atoms. The van der Waals surface area contributed by atoms with Crippen LogP contribution in [0.1, 0.15) is 5.56 Å². The minimum Gasteiger partial charge on any atom is -0.508 e. The molecule has 0 aromatic heterocycles. The highest BCUT2D eigenvalue weighted by atomic mass is 19.1. The zero-order valence-electron chi connectivity index (χ0n) is 10.2. The summed E-state index contributed by atoms with van der Waals surface area (Å²) in [6, 6.07) is 6.41. The molecule has 0 saturated heterocycles. The molecular weight excluding hydrogens is 271 g/mol. The molecule has 2 rings (SSSR count). The van der Waals surface area contributed by atoms with Gasteiger partial charge in [0, 0.05) is 11.6 Å². The molecule has 0 fully saturated rings. The highest BCUT2D eigenvalue weighted by Gasteiger charge is 2.14. The van der Waals surface area contributed by atoms with Crippen LogP contribution in [0.5, 0.6) is 5.75 Å². The monoisotopic (exact) mass is 281 g/mol. The summed E-state index contributed by atoms with van der Waals surface area (Å²) in [6.07, 6.45) is -0.557. The smallest absolute Gasteiger partial charge is 0.229 e. The van der Waals surface area contributed by atoms with Crippen LogP contribution in [0.4, 0.5) is 18.9 Å². The highest BCUT2D eigenvalue weighted by molar-refractivity contribution is 5.92. The second-order valence-electron chi connectivity index (χ2n) is 4.09. The zero-order valence-corrected chi connectivity index (χ0v) is 10.2. The topological polar surface area (TPSA) is 49.3 Å². The van der Waals surface area contributed by atoms with Gasteiger partial charge in [0.25, 0.3) is 0 Å². The third-order valence-electron chi connectivity index (χ3n) is 2.63. The molecule has 2 N–H and O–H groups in total. The third kappa shape index (κ3) is 3.09. The number of anilines is 1. The average molecular weight is 281 g/mol. The molecule has 0 spiro atoms. The molecular formula is C14H10F3NO2. The Morgan fingerprint density at radius 3 is 2.30 bits per heavy atom. The van der Waals surface area contributed by atoms with Crippen molar-refractivity contribution in [2.45, 2.75) is 6.42 Å². The van der Waals surface area contributed by atoms with Gasteiger partial charge in [-0.3, -0.25) is 4.79 Å². The molecule has 104 valence electrons. The number of carbonyl (C=O) groups excluding carboxylic acids is 1. The van der Waals surface area contributed by atoms with Crippen molar-refractivity contribution >= 4 is 11.6 Å². The zero-order chi connectivity index (χ0) is 14.7.